The van der Waals surface area contributed by atoms with Crippen LogP contribution < -0.4 is 0 Å². The number of aromatic nitrogens is 2. The van der Waals surface area contributed by atoms with Crippen molar-refractivity contribution in [1.82, 2.24) is 10.1 Å². The Morgan fingerprint density at radius 2 is 2.23 bits per heavy atom. The molecule has 1 aromatic heterocycles. The van der Waals surface area contributed by atoms with Gasteiger partial charge in [0.05, 0.1) is 0 Å². The Morgan fingerprint density at radius 3 is 2.85 bits per heavy atom. The molecule has 65 valence electrons. The van der Waals surface area contributed by atoms with Crippen molar-refractivity contribution in [3.05, 3.63) is 42.6 Å². The van der Waals surface area contributed by atoms with Crippen LogP contribution in [0.2, 0.25) is 0 Å². The van der Waals surface area contributed by atoms with E-state index in [9.17, 15) is 0 Å². The molecule has 0 bridgehead atoms. The molecule has 0 aliphatic carbocycles. The van der Waals surface area contributed by atoms with Crippen LogP contribution in [-0.4, -0.2) is 10.1 Å². The summed E-state index contributed by atoms with van der Waals surface area (Å²) in [5.41, 5.74) is 2.13. The average molecular weight is 173 g/mol. The van der Waals surface area contributed by atoms with Crippen LogP contribution in [0.5, 0.6) is 0 Å². The predicted molar refractivity (Wildman–Crippen MR) is 48.9 cm³/mol. The molecule has 0 aliphatic rings. The van der Waals surface area contributed by atoms with Crippen molar-refractivity contribution in [3.63, 3.8) is 0 Å². The lowest BCUT2D eigenvalue weighted by Gasteiger charge is -1.94. The summed E-state index contributed by atoms with van der Waals surface area (Å²) in [5, 5.41) is 3.78. The number of hydrogen-bond acceptors (Lipinski definition) is 3. The molecule has 0 fully saturated rings. The van der Waals surface area contributed by atoms with Crippen molar-refractivity contribution < 1.29 is 4.52 Å². The van der Waals surface area contributed by atoms with Gasteiger partial charge in [-0.2, -0.15) is 4.98 Å². The standard InChI is InChI=1S/C10H9N2O/c1-7-4-3-5-9(6-7)10-11-8(2)13-12-10/h3-6H,2H2,1H3. The van der Waals surface area contributed by atoms with E-state index >= 15 is 0 Å². The lowest BCUT2D eigenvalue weighted by atomic mass is 10.1. The topological polar surface area (TPSA) is 38.9 Å². The van der Waals surface area contributed by atoms with Crippen LogP contribution in [0.3, 0.4) is 0 Å². The number of hydrogen-bond donors (Lipinski definition) is 0. The second kappa shape index (κ2) is 3.01. The number of nitrogens with zero attached hydrogens (tertiary/aromatic N) is 2. The Kier molecular flexibility index (Phi) is 1.85. The molecular formula is C10H9N2O. The monoisotopic (exact) mass is 173 g/mol. The summed E-state index contributed by atoms with van der Waals surface area (Å²) in [6.07, 6.45) is 0. The highest BCUT2D eigenvalue weighted by Gasteiger charge is 2.04. The van der Waals surface area contributed by atoms with Crippen LogP contribution in [0.25, 0.3) is 11.4 Å². The molecule has 0 spiro atoms. The van der Waals surface area contributed by atoms with Crippen molar-refractivity contribution in [1.29, 1.82) is 0 Å². The molecular weight excluding hydrogens is 164 g/mol. The third kappa shape index (κ3) is 1.59. The van der Waals surface area contributed by atoms with Crippen LogP contribution in [0.15, 0.2) is 28.8 Å². The lowest BCUT2D eigenvalue weighted by Crippen LogP contribution is -1.81. The van der Waals surface area contributed by atoms with E-state index in [-0.39, 0.29) is 0 Å². The highest BCUT2D eigenvalue weighted by atomic mass is 16.5. The minimum Gasteiger partial charge on any atom is -0.339 e. The molecule has 2 rings (SSSR count). The first-order chi connectivity index (χ1) is 6.25. The summed E-state index contributed by atoms with van der Waals surface area (Å²) in [6.45, 7) is 5.57. The van der Waals surface area contributed by atoms with Gasteiger partial charge in [0.1, 0.15) is 0 Å². The van der Waals surface area contributed by atoms with E-state index in [1.807, 2.05) is 31.2 Å². The summed E-state index contributed by atoms with van der Waals surface area (Å²) in [6, 6.07) is 7.93. The van der Waals surface area contributed by atoms with Crippen molar-refractivity contribution in [2.75, 3.05) is 0 Å². The van der Waals surface area contributed by atoms with Gasteiger partial charge < -0.3 is 4.52 Å². The van der Waals surface area contributed by atoms with Crippen LogP contribution in [0, 0.1) is 13.8 Å². The molecule has 2 aromatic rings. The third-order valence-electron chi connectivity index (χ3n) is 1.74. The summed E-state index contributed by atoms with van der Waals surface area (Å²) < 4.78 is 4.79. The first kappa shape index (κ1) is 7.98. The van der Waals surface area contributed by atoms with E-state index in [0.29, 0.717) is 11.7 Å². The minimum atomic E-state index is 0.344. The Balaban J connectivity index is 2.46. The quantitative estimate of drug-likeness (QED) is 0.663. The molecule has 0 atom stereocenters. The van der Waals surface area contributed by atoms with E-state index in [1.165, 1.54) is 5.56 Å². The number of benzene rings is 1. The first-order valence-electron chi connectivity index (χ1n) is 3.98. The zero-order valence-electron chi connectivity index (χ0n) is 7.32. The van der Waals surface area contributed by atoms with Crippen molar-refractivity contribution in [2.45, 2.75) is 6.92 Å². The van der Waals surface area contributed by atoms with E-state index < -0.39 is 0 Å². The molecule has 0 N–H and O–H groups in total. The number of rotatable bonds is 1. The van der Waals surface area contributed by atoms with Crippen molar-refractivity contribution >= 4 is 0 Å². The van der Waals surface area contributed by atoms with Gasteiger partial charge in [0.25, 0.3) is 0 Å². The Morgan fingerprint density at radius 1 is 1.38 bits per heavy atom. The average Bonchev–Trinajstić information content (AvgIpc) is 2.52. The third-order valence-corrected chi connectivity index (χ3v) is 1.74. The van der Waals surface area contributed by atoms with Gasteiger partial charge in [-0.3, -0.25) is 0 Å². The molecule has 3 heteroatoms. The van der Waals surface area contributed by atoms with Gasteiger partial charge in [0.2, 0.25) is 11.7 Å². The molecule has 0 saturated heterocycles. The van der Waals surface area contributed by atoms with Crippen LogP contribution in [-0.2, 0) is 0 Å². The Bertz CT molecular complexity index is 420. The summed E-state index contributed by atoms with van der Waals surface area (Å²) in [7, 11) is 0. The summed E-state index contributed by atoms with van der Waals surface area (Å²) >= 11 is 0. The van der Waals surface area contributed by atoms with Gasteiger partial charge in [0, 0.05) is 12.5 Å². The maximum absolute atomic E-state index is 4.79. The Labute approximate surface area is 76.4 Å². The van der Waals surface area contributed by atoms with E-state index in [4.69, 9.17) is 4.52 Å². The van der Waals surface area contributed by atoms with Crippen LogP contribution in [0.4, 0.5) is 0 Å². The molecule has 3 nitrogen and oxygen atoms in total. The lowest BCUT2D eigenvalue weighted by molar-refractivity contribution is 0.405. The van der Waals surface area contributed by atoms with E-state index in [0.717, 1.165) is 5.56 Å². The maximum Gasteiger partial charge on any atom is 0.227 e. The van der Waals surface area contributed by atoms with Crippen molar-refractivity contribution in [2.24, 2.45) is 0 Å². The molecule has 13 heavy (non-hydrogen) atoms. The van der Waals surface area contributed by atoms with E-state index in [2.05, 4.69) is 17.1 Å². The zero-order chi connectivity index (χ0) is 9.26. The van der Waals surface area contributed by atoms with Crippen LogP contribution >= 0.6 is 0 Å². The van der Waals surface area contributed by atoms with Gasteiger partial charge in [-0.25, -0.2) is 0 Å². The zero-order valence-corrected chi connectivity index (χ0v) is 7.32. The second-order valence-corrected chi connectivity index (χ2v) is 2.88. The van der Waals surface area contributed by atoms with E-state index in [1.54, 1.807) is 0 Å². The first-order valence-corrected chi connectivity index (χ1v) is 3.98. The normalized spacial score (nSPS) is 10.3. The molecule has 1 heterocycles. The fourth-order valence-corrected chi connectivity index (χ4v) is 1.16. The molecule has 0 saturated carbocycles. The fourth-order valence-electron chi connectivity index (χ4n) is 1.16. The highest BCUT2D eigenvalue weighted by Crippen LogP contribution is 2.16. The fraction of sp³-hybridized carbons (Fsp3) is 0.100. The maximum atomic E-state index is 4.79. The molecule has 0 aliphatic heterocycles. The van der Waals surface area contributed by atoms with Crippen molar-refractivity contribution in [3.8, 4) is 11.4 Å². The molecule has 0 amide bonds. The second-order valence-electron chi connectivity index (χ2n) is 2.88. The predicted octanol–water partition coefficient (Wildman–Crippen LogP) is 2.23. The minimum absolute atomic E-state index is 0.344. The smallest absolute Gasteiger partial charge is 0.227 e. The van der Waals surface area contributed by atoms with Gasteiger partial charge in [0.15, 0.2) is 0 Å². The summed E-state index contributed by atoms with van der Waals surface area (Å²) in [4.78, 5) is 4.03. The molecule has 1 radical (unpaired) electrons. The van der Waals surface area contributed by atoms with Gasteiger partial charge in [-0.05, 0) is 13.0 Å². The highest BCUT2D eigenvalue weighted by molar-refractivity contribution is 5.55. The van der Waals surface area contributed by atoms with Gasteiger partial charge in [-0.1, -0.05) is 28.9 Å². The van der Waals surface area contributed by atoms with Gasteiger partial charge in [-0.15, -0.1) is 0 Å². The summed E-state index contributed by atoms with van der Waals surface area (Å²) in [5.74, 6) is 0.935. The number of aryl methyl sites for hydroxylation is 1. The van der Waals surface area contributed by atoms with Gasteiger partial charge >= 0.3 is 0 Å². The molecule has 1 aromatic carbocycles. The Hall–Kier alpha value is -1.64. The molecule has 0 unspecified atom stereocenters. The largest absolute Gasteiger partial charge is 0.339 e. The SMILES string of the molecule is [CH2]c1nc(-c2cccc(C)c2)no1. The van der Waals surface area contributed by atoms with Crippen LogP contribution in [0.1, 0.15) is 11.5 Å².